The van der Waals surface area contributed by atoms with E-state index in [9.17, 15) is 9.90 Å². The molecule has 23 heavy (non-hydrogen) atoms. The van der Waals surface area contributed by atoms with E-state index in [1.54, 1.807) is 0 Å². The van der Waals surface area contributed by atoms with Crippen molar-refractivity contribution in [3.8, 4) is 11.5 Å². The van der Waals surface area contributed by atoms with Crippen LogP contribution in [-0.4, -0.2) is 30.3 Å². The summed E-state index contributed by atoms with van der Waals surface area (Å²) in [5.74, 6) is 1.05. The van der Waals surface area contributed by atoms with Crippen molar-refractivity contribution < 1.29 is 19.4 Å². The van der Waals surface area contributed by atoms with E-state index >= 15 is 0 Å². The minimum absolute atomic E-state index is 0.0208. The third kappa shape index (κ3) is 6.48. The van der Waals surface area contributed by atoms with Gasteiger partial charge in [0.15, 0.2) is 11.5 Å². The van der Waals surface area contributed by atoms with Crippen LogP contribution in [0.4, 0.5) is 0 Å². The number of hydrogen-bond donors (Lipinski definition) is 2. The monoisotopic (exact) mass is 323 g/mol. The van der Waals surface area contributed by atoms with Crippen molar-refractivity contribution in [2.24, 2.45) is 11.8 Å². The van der Waals surface area contributed by atoms with E-state index in [0.29, 0.717) is 31.4 Å². The van der Waals surface area contributed by atoms with Crippen LogP contribution in [0.1, 0.15) is 40.2 Å². The van der Waals surface area contributed by atoms with Crippen molar-refractivity contribution in [1.82, 2.24) is 5.32 Å². The number of aliphatic carboxylic acids is 1. The molecule has 5 heteroatoms. The van der Waals surface area contributed by atoms with Crippen LogP contribution in [0.2, 0.25) is 0 Å². The van der Waals surface area contributed by atoms with Crippen molar-refractivity contribution >= 4 is 5.97 Å². The first-order valence-electron chi connectivity index (χ1n) is 8.19. The molecule has 1 atom stereocenters. The van der Waals surface area contributed by atoms with Crippen LogP contribution in [0, 0.1) is 11.8 Å². The van der Waals surface area contributed by atoms with Crippen LogP contribution in [-0.2, 0) is 11.3 Å². The predicted octanol–water partition coefficient (Wildman–Crippen LogP) is 3.32. The summed E-state index contributed by atoms with van der Waals surface area (Å²) in [5.41, 5.74) is 0.970. The van der Waals surface area contributed by atoms with E-state index in [0.717, 1.165) is 11.3 Å². The number of benzene rings is 1. The molecule has 0 spiro atoms. The molecule has 0 bridgehead atoms. The Kier molecular flexibility index (Phi) is 7.89. The molecule has 0 amide bonds. The summed E-state index contributed by atoms with van der Waals surface area (Å²) in [6, 6.07) is 5.16. The van der Waals surface area contributed by atoms with Crippen LogP contribution in [0.5, 0.6) is 11.5 Å². The fourth-order valence-corrected chi connectivity index (χ4v) is 2.14. The highest BCUT2D eigenvalue weighted by molar-refractivity contribution is 5.73. The van der Waals surface area contributed by atoms with E-state index in [1.165, 1.54) is 0 Å². The molecule has 5 nitrogen and oxygen atoms in total. The van der Waals surface area contributed by atoms with Crippen LogP contribution >= 0.6 is 0 Å². The zero-order chi connectivity index (χ0) is 17.4. The second-order valence-corrected chi connectivity index (χ2v) is 6.36. The lowest BCUT2D eigenvalue weighted by atomic mass is 10.0. The molecule has 1 aromatic carbocycles. The molecule has 130 valence electrons. The molecule has 1 aromatic rings. The summed E-state index contributed by atoms with van der Waals surface area (Å²) >= 11 is 0. The number of carboxylic acids is 1. The fraction of sp³-hybridized carbons (Fsp3) is 0.611. The molecule has 0 aliphatic carbocycles. The van der Waals surface area contributed by atoms with Gasteiger partial charge in [0.1, 0.15) is 6.04 Å². The van der Waals surface area contributed by atoms with Gasteiger partial charge >= 0.3 is 5.97 Å². The maximum Gasteiger partial charge on any atom is 0.320 e. The molecular weight excluding hydrogens is 294 g/mol. The highest BCUT2D eigenvalue weighted by Gasteiger charge is 2.20. The van der Waals surface area contributed by atoms with Crippen molar-refractivity contribution in [3.63, 3.8) is 0 Å². The van der Waals surface area contributed by atoms with E-state index in [2.05, 4.69) is 19.2 Å². The van der Waals surface area contributed by atoms with Crippen LogP contribution in [0.25, 0.3) is 0 Å². The highest BCUT2D eigenvalue weighted by Crippen LogP contribution is 2.29. The third-order valence-electron chi connectivity index (χ3n) is 3.34. The van der Waals surface area contributed by atoms with Crippen molar-refractivity contribution in [2.45, 2.75) is 47.2 Å². The molecule has 0 unspecified atom stereocenters. The Balaban J connectivity index is 2.80. The summed E-state index contributed by atoms with van der Waals surface area (Å²) in [7, 11) is 0. The molecule has 0 aliphatic heterocycles. The molecule has 0 aliphatic rings. The summed E-state index contributed by atoms with van der Waals surface area (Å²) in [6.07, 6.45) is 0. The second-order valence-electron chi connectivity index (χ2n) is 6.36. The second kappa shape index (κ2) is 9.40. The summed E-state index contributed by atoms with van der Waals surface area (Å²) in [6.45, 7) is 11.6. The maximum absolute atomic E-state index is 11.2. The molecular formula is C18H29NO4. The smallest absolute Gasteiger partial charge is 0.320 e. The Bertz CT molecular complexity index is 500. The van der Waals surface area contributed by atoms with Gasteiger partial charge in [-0.3, -0.25) is 4.79 Å². The van der Waals surface area contributed by atoms with E-state index in [1.807, 2.05) is 39.0 Å². The topological polar surface area (TPSA) is 67.8 Å². The first kappa shape index (κ1) is 19.3. The first-order chi connectivity index (χ1) is 10.8. The predicted molar refractivity (Wildman–Crippen MR) is 91.0 cm³/mol. The van der Waals surface area contributed by atoms with E-state index < -0.39 is 12.0 Å². The third-order valence-corrected chi connectivity index (χ3v) is 3.34. The van der Waals surface area contributed by atoms with Crippen molar-refractivity contribution in [2.75, 3.05) is 13.2 Å². The minimum Gasteiger partial charge on any atom is -0.490 e. The number of carboxylic acid groups (broad SMARTS) is 1. The average molecular weight is 323 g/mol. The largest absolute Gasteiger partial charge is 0.490 e. The number of rotatable bonds is 10. The van der Waals surface area contributed by atoms with Gasteiger partial charge in [-0.15, -0.1) is 0 Å². The van der Waals surface area contributed by atoms with Crippen LogP contribution in [0.3, 0.4) is 0 Å². The van der Waals surface area contributed by atoms with Crippen LogP contribution < -0.4 is 14.8 Å². The normalized spacial score (nSPS) is 12.5. The SMILES string of the molecule is CCOc1cc(CN[C@H](C(=O)O)C(C)C)ccc1OCC(C)C. The molecule has 0 heterocycles. The molecule has 0 aromatic heterocycles. The van der Waals surface area contributed by atoms with Crippen molar-refractivity contribution in [1.29, 1.82) is 0 Å². The van der Waals surface area contributed by atoms with Crippen LogP contribution in [0.15, 0.2) is 18.2 Å². The number of nitrogens with one attached hydrogen (secondary N) is 1. The molecule has 0 radical (unpaired) electrons. The van der Waals surface area contributed by atoms with Gasteiger partial charge in [0.05, 0.1) is 13.2 Å². The molecule has 0 saturated carbocycles. The van der Waals surface area contributed by atoms with Gasteiger partial charge in [-0.05, 0) is 36.5 Å². The number of carbonyl (C=O) groups is 1. The zero-order valence-electron chi connectivity index (χ0n) is 14.8. The molecule has 0 fully saturated rings. The minimum atomic E-state index is -0.832. The Morgan fingerprint density at radius 1 is 1.17 bits per heavy atom. The lowest BCUT2D eigenvalue weighted by Crippen LogP contribution is -2.40. The maximum atomic E-state index is 11.2. The van der Waals surface area contributed by atoms with Gasteiger partial charge in [-0.25, -0.2) is 0 Å². The van der Waals surface area contributed by atoms with Gasteiger partial charge in [-0.1, -0.05) is 33.8 Å². The Morgan fingerprint density at radius 2 is 1.87 bits per heavy atom. The van der Waals surface area contributed by atoms with Gasteiger partial charge in [0.25, 0.3) is 0 Å². The Labute approximate surface area is 139 Å². The molecule has 0 saturated heterocycles. The van der Waals surface area contributed by atoms with Crippen molar-refractivity contribution in [3.05, 3.63) is 23.8 Å². The summed E-state index contributed by atoms with van der Waals surface area (Å²) < 4.78 is 11.4. The summed E-state index contributed by atoms with van der Waals surface area (Å²) in [4.78, 5) is 11.2. The van der Waals surface area contributed by atoms with Gasteiger partial charge in [-0.2, -0.15) is 0 Å². The number of hydrogen-bond acceptors (Lipinski definition) is 4. The zero-order valence-corrected chi connectivity index (χ0v) is 14.8. The molecule has 2 N–H and O–H groups in total. The van der Waals surface area contributed by atoms with E-state index in [4.69, 9.17) is 9.47 Å². The van der Waals surface area contributed by atoms with E-state index in [-0.39, 0.29) is 5.92 Å². The fourth-order valence-electron chi connectivity index (χ4n) is 2.14. The Morgan fingerprint density at radius 3 is 2.39 bits per heavy atom. The quantitative estimate of drug-likeness (QED) is 0.691. The summed E-state index contributed by atoms with van der Waals surface area (Å²) in [5, 5.41) is 12.3. The lowest BCUT2D eigenvalue weighted by molar-refractivity contribution is -0.140. The molecule has 1 rings (SSSR count). The Hall–Kier alpha value is -1.75. The highest BCUT2D eigenvalue weighted by atomic mass is 16.5. The lowest BCUT2D eigenvalue weighted by Gasteiger charge is -2.19. The average Bonchev–Trinajstić information content (AvgIpc) is 2.46. The number of ether oxygens (including phenoxy) is 2. The van der Waals surface area contributed by atoms with Gasteiger partial charge < -0.3 is 19.9 Å². The first-order valence-corrected chi connectivity index (χ1v) is 8.19. The van der Waals surface area contributed by atoms with Gasteiger partial charge in [0, 0.05) is 6.54 Å². The van der Waals surface area contributed by atoms with Gasteiger partial charge in [0.2, 0.25) is 0 Å². The standard InChI is InChI=1S/C18H29NO4/c1-6-22-16-9-14(7-8-15(16)23-11-12(2)3)10-19-17(13(4)5)18(20)21/h7-9,12-13,17,19H,6,10-11H2,1-5H3,(H,20,21)/t17-/m0/s1.